The summed E-state index contributed by atoms with van der Waals surface area (Å²) >= 11 is 1.45. The van der Waals surface area contributed by atoms with Crippen LogP contribution in [-0.4, -0.2) is 9.91 Å². The summed E-state index contributed by atoms with van der Waals surface area (Å²) in [6.45, 7) is 0. The number of aromatic nitrogens is 1. The lowest BCUT2D eigenvalue weighted by molar-refractivity contribution is -0.384. The molecule has 0 saturated heterocycles. The highest BCUT2D eigenvalue weighted by Crippen LogP contribution is 2.38. The summed E-state index contributed by atoms with van der Waals surface area (Å²) in [4.78, 5) is 16.0. The summed E-state index contributed by atoms with van der Waals surface area (Å²) in [5.41, 5.74) is 3.88. The monoisotopic (exact) mass is 423 g/mol. The number of nitro benzene ring substituents is 1. The van der Waals surface area contributed by atoms with Crippen LogP contribution in [-0.2, 0) is 5.75 Å². The SMILES string of the molecule is N#Cc1c(-c2ccccc2[N+](=O)[O-])cc(-c2ccccc2)nc1SCc1ccccc1. The Labute approximate surface area is 184 Å². The van der Waals surface area contributed by atoms with Crippen molar-refractivity contribution in [1.82, 2.24) is 4.98 Å². The van der Waals surface area contributed by atoms with E-state index < -0.39 is 4.92 Å². The number of thioether (sulfide) groups is 1. The summed E-state index contributed by atoms with van der Waals surface area (Å²) in [6, 6.07) is 30.0. The highest BCUT2D eigenvalue weighted by molar-refractivity contribution is 7.98. The van der Waals surface area contributed by atoms with Gasteiger partial charge in [-0.3, -0.25) is 10.1 Å². The molecular weight excluding hydrogens is 406 g/mol. The molecule has 0 saturated carbocycles. The van der Waals surface area contributed by atoms with E-state index in [1.54, 1.807) is 24.3 Å². The van der Waals surface area contributed by atoms with Crippen LogP contribution < -0.4 is 0 Å². The zero-order valence-corrected chi connectivity index (χ0v) is 17.3. The second-order valence-electron chi connectivity index (χ2n) is 6.76. The van der Waals surface area contributed by atoms with Crippen LogP contribution in [0.25, 0.3) is 22.4 Å². The van der Waals surface area contributed by atoms with Crippen molar-refractivity contribution in [2.45, 2.75) is 10.8 Å². The van der Waals surface area contributed by atoms with Gasteiger partial charge in [-0.15, -0.1) is 11.8 Å². The molecule has 1 aromatic heterocycles. The zero-order valence-electron chi connectivity index (χ0n) is 16.4. The lowest BCUT2D eigenvalue weighted by Gasteiger charge is -2.13. The molecule has 0 spiro atoms. The second-order valence-corrected chi connectivity index (χ2v) is 7.73. The lowest BCUT2D eigenvalue weighted by atomic mass is 9.98. The van der Waals surface area contributed by atoms with Crippen molar-refractivity contribution in [3.8, 4) is 28.5 Å². The minimum Gasteiger partial charge on any atom is -0.258 e. The third kappa shape index (κ3) is 4.47. The van der Waals surface area contributed by atoms with Crippen LogP contribution in [0.15, 0.2) is 96.0 Å². The number of para-hydroxylation sites is 1. The Bertz CT molecular complexity index is 1270. The minimum absolute atomic E-state index is 0.0387. The molecule has 0 fully saturated rings. The number of nitriles is 1. The molecule has 3 aromatic carbocycles. The highest BCUT2D eigenvalue weighted by Gasteiger charge is 2.21. The normalized spacial score (nSPS) is 10.4. The van der Waals surface area contributed by atoms with E-state index in [2.05, 4.69) is 6.07 Å². The van der Waals surface area contributed by atoms with Crippen LogP contribution in [0, 0.1) is 21.4 Å². The number of hydrogen-bond donors (Lipinski definition) is 0. The molecule has 0 radical (unpaired) electrons. The Balaban J connectivity index is 1.89. The van der Waals surface area contributed by atoms with E-state index in [4.69, 9.17) is 4.98 Å². The van der Waals surface area contributed by atoms with Crippen LogP contribution in [0.2, 0.25) is 0 Å². The predicted molar refractivity (Wildman–Crippen MR) is 122 cm³/mol. The molecule has 0 N–H and O–H groups in total. The number of nitro groups is 1. The maximum atomic E-state index is 11.6. The van der Waals surface area contributed by atoms with Gasteiger partial charge in [0.1, 0.15) is 11.1 Å². The average Bonchev–Trinajstić information content (AvgIpc) is 2.83. The van der Waals surface area contributed by atoms with E-state index in [1.807, 2.05) is 60.7 Å². The first-order valence-electron chi connectivity index (χ1n) is 9.58. The third-order valence-corrected chi connectivity index (χ3v) is 5.82. The third-order valence-electron chi connectivity index (χ3n) is 4.78. The van der Waals surface area contributed by atoms with Gasteiger partial charge in [0.25, 0.3) is 5.69 Å². The maximum absolute atomic E-state index is 11.6. The zero-order chi connectivity index (χ0) is 21.6. The van der Waals surface area contributed by atoms with Crippen molar-refractivity contribution in [2.75, 3.05) is 0 Å². The van der Waals surface area contributed by atoms with E-state index >= 15 is 0 Å². The molecule has 150 valence electrons. The van der Waals surface area contributed by atoms with Crippen LogP contribution in [0.3, 0.4) is 0 Å². The highest BCUT2D eigenvalue weighted by atomic mass is 32.2. The van der Waals surface area contributed by atoms with Crippen molar-refractivity contribution >= 4 is 17.4 Å². The van der Waals surface area contributed by atoms with Crippen LogP contribution in [0.4, 0.5) is 5.69 Å². The molecule has 6 heteroatoms. The van der Waals surface area contributed by atoms with E-state index in [0.29, 0.717) is 33.2 Å². The molecule has 0 unspecified atom stereocenters. The van der Waals surface area contributed by atoms with Crippen LogP contribution in [0.5, 0.6) is 0 Å². The summed E-state index contributed by atoms with van der Waals surface area (Å²) in [7, 11) is 0. The van der Waals surface area contributed by atoms with Crippen molar-refractivity contribution in [2.24, 2.45) is 0 Å². The number of hydrogen-bond acceptors (Lipinski definition) is 5. The molecule has 0 amide bonds. The number of nitrogens with zero attached hydrogens (tertiary/aromatic N) is 3. The summed E-state index contributed by atoms with van der Waals surface area (Å²) < 4.78 is 0. The largest absolute Gasteiger partial charge is 0.277 e. The molecule has 0 aliphatic heterocycles. The van der Waals surface area contributed by atoms with Crippen molar-refractivity contribution in [1.29, 1.82) is 5.26 Å². The number of benzene rings is 3. The molecule has 0 atom stereocenters. The number of pyridine rings is 1. The van der Waals surface area contributed by atoms with Crippen LogP contribution in [0.1, 0.15) is 11.1 Å². The first-order chi connectivity index (χ1) is 15.2. The fourth-order valence-electron chi connectivity index (χ4n) is 3.29. The molecule has 5 nitrogen and oxygen atoms in total. The number of rotatable bonds is 6. The molecule has 4 rings (SSSR count). The summed E-state index contributed by atoms with van der Waals surface area (Å²) in [5.74, 6) is 0.636. The molecule has 0 bridgehead atoms. The van der Waals surface area contributed by atoms with Gasteiger partial charge >= 0.3 is 0 Å². The Hall–Kier alpha value is -3.95. The van der Waals surface area contributed by atoms with E-state index in [1.165, 1.54) is 17.8 Å². The molecule has 31 heavy (non-hydrogen) atoms. The van der Waals surface area contributed by atoms with Gasteiger partial charge in [-0.25, -0.2) is 4.98 Å². The van der Waals surface area contributed by atoms with Gasteiger partial charge in [0.2, 0.25) is 0 Å². The van der Waals surface area contributed by atoms with Crippen molar-refractivity contribution < 1.29 is 4.92 Å². The minimum atomic E-state index is -0.421. The van der Waals surface area contributed by atoms with Crippen molar-refractivity contribution in [3.05, 3.63) is 112 Å². The van der Waals surface area contributed by atoms with Gasteiger partial charge in [0.05, 0.1) is 21.7 Å². The van der Waals surface area contributed by atoms with E-state index in [9.17, 15) is 15.4 Å². The van der Waals surface area contributed by atoms with E-state index in [0.717, 1.165) is 11.1 Å². The first-order valence-corrected chi connectivity index (χ1v) is 10.6. The fraction of sp³-hybridized carbons (Fsp3) is 0.0400. The van der Waals surface area contributed by atoms with E-state index in [-0.39, 0.29) is 5.69 Å². The maximum Gasteiger partial charge on any atom is 0.277 e. The Kier molecular flexibility index (Phi) is 6.06. The predicted octanol–water partition coefficient (Wildman–Crippen LogP) is 6.49. The first kappa shape index (κ1) is 20.3. The summed E-state index contributed by atoms with van der Waals surface area (Å²) in [5, 5.41) is 22.2. The van der Waals surface area contributed by atoms with Gasteiger partial charge in [0, 0.05) is 22.9 Å². The van der Waals surface area contributed by atoms with Gasteiger partial charge < -0.3 is 0 Å². The molecule has 4 aromatic rings. The lowest BCUT2D eigenvalue weighted by Crippen LogP contribution is -1.98. The van der Waals surface area contributed by atoms with Crippen molar-refractivity contribution in [3.63, 3.8) is 0 Å². The smallest absolute Gasteiger partial charge is 0.258 e. The molecule has 0 aliphatic carbocycles. The topological polar surface area (TPSA) is 79.8 Å². The van der Waals surface area contributed by atoms with Gasteiger partial charge in [-0.2, -0.15) is 5.26 Å². The standard InChI is InChI=1S/C25H17N3O2S/c26-16-22-21(20-13-7-8-14-24(20)28(29)30)15-23(19-11-5-2-6-12-19)27-25(22)31-17-18-9-3-1-4-10-18/h1-15H,17H2. The molecule has 0 aliphatic rings. The Morgan fingerprint density at radius 2 is 1.55 bits per heavy atom. The Morgan fingerprint density at radius 3 is 2.23 bits per heavy atom. The quantitative estimate of drug-likeness (QED) is 0.201. The van der Waals surface area contributed by atoms with Gasteiger partial charge in [0.15, 0.2) is 0 Å². The average molecular weight is 423 g/mol. The van der Waals surface area contributed by atoms with Gasteiger partial charge in [-0.1, -0.05) is 72.8 Å². The van der Waals surface area contributed by atoms with Gasteiger partial charge in [-0.05, 0) is 17.7 Å². The molecule has 1 heterocycles. The van der Waals surface area contributed by atoms with Crippen LogP contribution >= 0.6 is 11.8 Å². The molecular formula is C25H17N3O2S. The summed E-state index contributed by atoms with van der Waals surface area (Å²) in [6.07, 6.45) is 0. The fourth-order valence-corrected chi connectivity index (χ4v) is 4.25. The Morgan fingerprint density at radius 1 is 0.903 bits per heavy atom. The second kappa shape index (κ2) is 9.24.